The molecule has 0 fully saturated rings. The third-order valence-electron chi connectivity index (χ3n) is 1.62. The van der Waals surface area contributed by atoms with Crippen molar-refractivity contribution in [2.45, 2.75) is 60.3 Å². The normalized spacial score (nSPS) is 7.74. The first-order valence-corrected chi connectivity index (χ1v) is 6.73. The van der Waals surface area contributed by atoms with Crippen LogP contribution in [0.4, 0.5) is 0 Å². The van der Waals surface area contributed by atoms with Gasteiger partial charge in [-0.25, -0.2) is 0 Å². The predicted octanol–water partition coefficient (Wildman–Crippen LogP) is 2.56. The van der Waals surface area contributed by atoms with Crippen LogP contribution in [-0.2, 0) is 40.9 Å². The Morgan fingerprint density at radius 1 is 0.696 bits per heavy atom. The average molecular weight is 372 g/mol. The van der Waals surface area contributed by atoms with Gasteiger partial charge in [-0.05, 0) is 12.8 Å². The summed E-state index contributed by atoms with van der Waals surface area (Å²) in [4.78, 5) is 37.5. The minimum absolute atomic E-state index is 0. The first-order chi connectivity index (χ1) is 9.91. The molecule has 9 heteroatoms. The Morgan fingerprint density at radius 3 is 0.957 bits per heavy atom. The second-order valence-corrected chi connectivity index (χ2v) is 4.17. The summed E-state index contributed by atoms with van der Waals surface area (Å²) < 4.78 is 0. The Bertz CT molecular complexity index is 271. The van der Waals surface area contributed by atoms with Crippen molar-refractivity contribution in [2.75, 3.05) is 0 Å². The number of carboxylic acid groups (broad SMARTS) is 4. The Kier molecular flexibility index (Phi) is 36.9. The van der Waals surface area contributed by atoms with Gasteiger partial charge >= 0.3 is 5.97 Å². The molecule has 0 bridgehead atoms. The van der Waals surface area contributed by atoms with Gasteiger partial charge in [0.1, 0.15) is 0 Å². The molecule has 0 aliphatic heterocycles. The first-order valence-electron chi connectivity index (χ1n) is 6.73. The van der Waals surface area contributed by atoms with Gasteiger partial charge in [0.2, 0.25) is 0 Å². The van der Waals surface area contributed by atoms with Crippen molar-refractivity contribution in [3.8, 4) is 0 Å². The van der Waals surface area contributed by atoms with Crippen molar-refractivity contribution in [2.24, 2.45) is 5.92 Å². The molecule has 136 valence electrons. The minimum atomic E-state index is -0.833. The summed E-state index contributed by atoms with van der Waals surface area (Å²) in [5, 5.41) is 30.9. The standard InChI is InChI=1S/C8H16O2.3C2H4O2.Ti/c1-3-5-7(6-4-2)8(9)10;3*1-2(3)4;/h7H,3-6H2,1-2H3,(H,9,10);3*1H3,(H,3,4);. The molecule has 0 amide bonds. The fourth-order valence-corrected chi connectivity index (χ4v) is 1.09. The Morgan fingerprint density at radius 2 is 0.870 bits per heavy atom. The van der Waals surface area contributed by atoms with Crippen LogP contribution in [0.2, 0.25) is 0 Å². The van der Waals surface area contributed by atoms with E-state index < -0.39 is 23.9 Å². The van der Waals surface area contributed by atoms with Crippen LogP contribution in [0, 0.1) is 5.92 Å². The van der Waals surface area contributed by atoms with Crippen LogP contribution in [0.25, 0.3) is 0 Å². The molecule has 0 aromatic heterocycles. The molecule has 0 rings (SSSR count). The van der Waals surface area contributed by atoms with E-state index in [0.29, 0.717) is 0 Å². The van der Waals surface area contributed by atoms with E-state index in [9.17, 15) is 4.79 Å². The van der Waals surface area contributed by atoms with E-state index in [1.165, 1.54) is 0 Å². The zero-order chi connectivity index (χ0) is 18.7. The van der Waals surface area contributed by atoms with Crippen LogP contribution in [0.3, 0.4) is 0 Å². The molecular formula is C14H28O8Ti. The van der Waals surface area contributed by atoms with E-state index in [4.69, 9.17) is 34.8 Å². The van der Waals surface area contributed by atoms with E-state index in [0.717, 1.165) is 46.5 Å². The Labute approximate surface area is 151 Å². The summed E-state index contributed by atoms with van der Waals surface area (Å²) in [6.07, 6.45) is 3.58. The van der Waals surface area contributed by atoms with Gasteiger partial charge in [0.25, 0.3) is 17.9 Å². The molecule has 0 atom stereocenters. The number of hydrogen-bond donors (Lipinski definition) is 4. The van der Waals surface area contributed by atoms with Gasteiger partial charge in [-0.3, -0.25) is 19.2 Å². The van der Waals surface area contributed by atoms with Gasteiger partial charge in [0.05, 0.1) is 5.92 Å². The Balaban J connectivity index is -0.0000000700. The molecule has 4 N–H and O–H groups in total. The van der Waals surface area contributed by atoms with Crippen molar-refractivity contribution >= 4 is 23.9 Å². The summed E-state index contributed by atoms with van der Waals surface area (Å²) in [5.41, 5.74) is 0. The maximum Gasteiger partial charge on any atom is 0.306 e. The SMILES string of the molecule is CC(=O)O.CC(=O)O.CC(=O)O.CCCC(CCC)C(=O)O.[Ti]. The maximum absolute atomic E-state index is 10.5. The van der Waals surface area contributed by atoms with Crippen LogP contribution in [-0.4, -0.2) is 44.3 Å². The third kappa shape index (κ3) is 96.4. The van der Waals surface area contributed by atoms with Gasteiger partial charge in [-0.15, -0.1) is 0 Å². The molecule has 0 aromatic rings. The summed E-state index contributed by atoms with van der Waals surface area (Å²) in [6, 6.07) is 0. The summed E-state index contributed by atoms with van der Waals surface area (Å²) in [7, 11) is 0. The van der Waals surface area contributed by atoms with Gasteiger partial charge in [-0.2, -0.15) is 0 Å². The van der Waals surface area contributed by atoms with E-state index in [-0.39, 0.29) is 27.6 Å². The van der Waals surface area contributed by atoms with Gasteiger partial charge < -0.3 is 20.4 Å². The summed E-state index contributed by atoms with van der Waals surface area (Å²) >= 11 is 0. The molecule has 23 heavy (non-hydrogen) atoms. The summed E-state index contributed by atoms with van der Waals surface area (Å²) in [5.74, 6) is -3.24. The minimum Gasteiger partial charge on any atom is -0.481 e. The van der Waals surface area contributed by atoms with Crippen molar-refractivity contribution in [1.82, 2.24) is 0 Å². The molecule has 0 radical (unpaired) electrons. The van der Waals surface area contributed by atoms with Crippen molar-refractivity contribution in [3.05, 3.63) is 0 Å². The molecular weight excluding hydrogens is 344 g/mol. The molecule has 0 spiro atoms. The van der Waals surface area contributed by atoms with E-state index >= 15 is 0 Å². The third-order valence-corrected chi connectivity index (χ3v) is 1.62. The van der Waals surface area contributed by atoms with E-state index in [1.807, 2.05) is 13.8 Å². The van der Waals surface area contributed by atoms with Gasteiger partial charge in [0, 0.05) is 42.5 Å². The number of carbonyl (C=O) groups is 4. The van der Waals surface area contributed by atoms with E-state index in [2.05, 4.69) is 0 Å². The Hall–Kier alpha value is -1.41. The van der Waals surface area contributed by atoms with Crippen LogP contribution in [0.1, 0.15) is 60.3 Å². The number of hydrogen-bond acceptors (Lipinski definition) is 4. The summed E-state index contributed by atoms with van der Waals surface area (Å²) in [6.45, 7) is 7.29. The molecule has 0 saturated heterocycles. The molecule has 0 saturated carbocycles. The largest absolute Gasteiger partial charge is 0.481 e. The average Bonchev–Trinajstić information content (AvgIpc) is 2.26. The van der Waals surface area contributed by atoms with Gasteiger partial charge in [-0.1, -0.05) is 26.7 Å². The van der Waals surface area contributed by atoms with Crippen molar-refractivity contribution in [3.63, 3.8) is 0 Å². The number of rotatable bonds is 5. The number of aliphatic carboxylic acids is 4. The molecule has 0 unspecified atom stereocenters. The zero-order valence-corrected chi connectivity index (χ0v) is 15.9. The molecule has 8 nitrogen and oxygen atoms in total. The van der Waals surface area contributed by atoms with Crippen LogP contribution in [0.15, 0.2) is 0 Å². The van der Waals surface area contributed by atoms with Crippen LogP contribution < -0.4 is 0 Å². The van der Waals surface area contributed by atoms with Crippen molar-refractivity contribution in [1.29, 1.82) is 0 Å². The maximum atomic E-state index is 10.5. The van der Waals surface area contributed by atoms with E-state index in [1.54, 1.807) is 0 Å². The quantitative estimate of drug-likeness (QED) is 0.538. The second kappa shape index (κ2) is 25.5. The predicted molar refractivity (Wildman–Crippen MR) is 80.9 cm³/mol. The van der Waals surface area contributed by atoms with Crippen LogP contribution in [0.5, 0.6) is 0 Å². The molecule has 0 aliphatic rings. The van der Waals surface area contributed by atoms with Crippen molar-refractivity contribution < 1.29 is 61.3 Å². The molecule has 0 heterocycles. The smallest absolute Gasteiger partial charge is 0.306 e. The molecule has 0 aromatic carbocycles. The zero-order valence-electron chi connectivity index (χ0n) is 14.3. The fraction of sp³-hybridized carbons (Fsp3) is 0.714. The fourth-order valence-electron chi connectivity index (χ4n) is 1.09. The van der Waals surface area contributed by atoms with Gasteiger partial charge in [0.15, 0.2) is 0 Å². The number of carboxylic acids is 4. The van der Waals surface area contributed by atoms with Crippen LogP contribution >= 0.6 is 0 Å². The monoisotopic (exact) mass is 372 g/mol. The second-order valence-electron chi connectivity index (χ2n) is 4.17. The molecule has 0 aliphatic carbocycles. The topological polar surface area (TPSA) is 149 Å². The first kappa shape index (κ1) is 33.3.